The molecule has 4 atom stereocenters. The summed E-state index contributed by atoms with van der Waals surface area (Å²) in [6, 6.07) is 7.41. The number of imide groups is 1. The standard InChI is InChI=1S/C17H13N3O2S/c21-16-14-10-1-2-11(7-10)15(14)17(22)20(16)12-5-3-9(4-6-12)13-8-23-19-18-13/h1-6,8,10-11,14-15H,7H2/t10-,11-,14-,15+/m0/s1. The highest BCUT2D eigenvalue weighted by Crippen LogP contribution is 2.53. The molecule has 1 aromatic carbocycles. The Morgan fingerprint density at radius 1 is 1.00 bits per heavy atom. The molecular weight excluding hydrogens is 310 g/mol. The lowest BCUT2D eigenvalue weighted by atomic mass is 9.85. The molecular formula is C17H13N3O2S. The van der Waals surface area contributed by atoms with E-state index in [9.17, 15) is 9.59 Å². The number of allylic oxidation sites excluding steroid dienone is 2. The minimum Gasteiger partial charge on any atom is -0.274 e. The SMILES string of the molecule is O=C1[C@@H]2[C@H](C(=O)N1c1ccc(-c3csnn3)cc1)[C@H]1C=C[C@H]2C1. The number of fused-ring (bicyclic) bond motifs is 5. The Hall–Kier alpha value is -2.34. The molecule has 2 fully saturated rings. The molecule has 0 spiro atoms. The zero-order valence-corrected chi connectivity index (χ0v) is 12.9. The molecule has 2 heterocycles. The molecule has 1 aliphatic heterocycles. The number of hydrogen-bond acceptors (Lipinski definition) is 5. The van der Waals surface area contributed by atoms with Gasteiger partial charge in [-0.2, -0.15) is 0 Å². The quantitative estimate of drug-likeness (QED) is 0.629. The summed E-state index contributed by atoms with van der Waals surface area (Å²) in [5.41, 5.74) is 2.39. The Balaban J connectivity index is 1.49. The first-order valence-electron chi connectivity index (χ1n) is 7.67. The Bertz CT molecular complexity index is 798. The van der Waals surface area contributed by atoms with Crippen LogP contribution in [0.1, 0.15) is 6.42 Å². The molecule has 0 radical (unpaired) electrons. The van der Waals surface area contributed by atoms with Crippen LogP contribution in [0.5, 0.6) is 0 Å². The van der Waals surface area contributed by atoms with Crippen molar-refractivity contribution >= 4 is 29.0 Å². The molecule has 1 aromatic heterocycles. The molecule has 6 heteroatoms. The van der Waals surface area contributed by atoms with Gasteiger partial charge >= 0.3 is 0 Å². The van der Waals surface area contributed by atoms with Crippen LogP contribution in [0.4, 0.5) is 5.69 Å². The molecule has 1 saturated heterocycles. The van der Waals surface area contributed by atoms with Gasteiger partial charge in [-0.05, 0) is 41.9 Å². The van der Waals surface area contributed by atoms with Gasteiger partial charge in [-0.15, -0.1) is 5.10 Å². The van der Waals surface area contributed by atoms with Gasteiger partial charge in [-0.3, -0.25) is 14.5 Å². The molecule has 2 amide bonds. The molecule has 5 nitrogen and oxygen atoms in total. The number of carbonyl (C=O) groups is 2. The fraction of sp³-hybridized carbons (Fsp3) is 0.294. The van der Waals surface area contributed by atoms with Crippen molar-refractivity contribution in [2.75, 3.05) is 4.90 Å². The highest BCUT2D eigenvalue weighted by molar-refractivity contribution is 7.03. The van der Waals surface area contributed by atoms with E-state index < -0.39 is 0 Å². The van der Waals surface area contributed by atoms with Gasteiger partial charge in [-0.1, -0.05) is 28.8 Å². The van der Waals surface area contributed by atoms with Crippen molar-refractivity contribution < 1.29 is 9.59 Å². The monoisotopic (exact) mass is 323 g/mol. The van der Waals surface area contributed by atoms with E-state index in [1.165, 1.54) is 16.4 Å². The van der Waals surface area contributed by atoms with Gasteiger partial charge in [0.15, 0.2) is 0 Å². The molecule has 0 unspecified atom stereocenters. The number of amides is 2. The van der Waals surface area contributed by atoms with E-state index >= 15 is 0 Å². The molecule has 114 valence electrons. The van der Waals surface area contributed by atoms with Crippen molar-refractivity contribution in [1.82, 2.24) is 9.59 Å². The first kappa shape index (κ1) is 13.1. The summed E-state index contributed by atoms with van der Waals surface area (Å²) < 4.78 is 3.85. The minimum atomic E-state index is -0.153. The van der Waals surface area contributed by atoms with E-state index in [2.05, 4.69) is 21.7 Å². The first-order chi connectivity index (χ1) is 11.2. The van der Waals surface area contributed by atoms with Crippen LogP contribution >= 0.6 is 11.5 Å². The summed E-state index contributed by atoms with van der Waals surface area (Å²) in [4.78, 5) is 26.9. The fourth-order valence-electron chi connectivity index (χ4n) is 4.23. The van der Waals surface area contributed by atoms with Crippen LogP contribution < -0.4 is 4.90 Å². The van der Waals surface area contributed by atoms with E-state index in [0.29, 0.717) is 5.69 Å². The van der Waals surface area contributed by atoms with Gasteiger partial charge in [-0.25, -0.2) is 0 Å². The molecule has 1 saturated carbocycles. The van der Waals surface area contributed by atoms with Gasteiger partial charge < -0.3 is 0 Å². The normalized spacial score (nSPS) is 31.2. The van der Waals surface area contributed by atoms with E-state index in [1.807, 2.05) is 29.6 Å². The maximum absolute atomic E-state index is 12.8. The van der Waals surface area contributed by atoms with Crippen LogP contribution in [0.15, 0.2) is 41.8 Å². The van der Waals surface area contributed by atoms with Crippen LogP contribution in [0.2, 0.25) is 0 Å². The summed E-state index contributed by atoms with van der Waals surface area (Å²) in [5, 5.41) is 5.90. The third-order valence-electron chi connectivity index (χ3n) is 5.25. The van der Waals surface area contributed by atoms with Crippen molar-refractivity contribution in [2.24, 2.45) is 23.7 Å². The topological polar surface area (TPSA) is 63.2 Å². The summed E-state index contributed by atoms with van der Waals surface area (Å²) in [6.07, 6.45) is 5.17. The number of rotatable bonds is 2. The maximum atomic E-state index is 12.8. The Morgan fingerprint density at radius 2 is 1.65 bits per heavy atom. The number of hydrogen-bond donors (Lipinski definition) is 0. The number of aromatic nitrogens is 2. The maximum Gasteiger partial charge on any atom is 0.238 e. The number of carbonyl (C=O) groups excluding carboxylic acids is 2. The number of nitrogens with zero attached hydrogens (tertiary/aromatic N) is 3. The average Bonchev–Trinajstić information content (AvgIpc) is 3.33. The van der Waals surface area contributed by atoms with Crippen LogP contribution in [0, 0.1) is 23.7 Å². The summed E-state index contributed by atoms with van der Waals surface area (Å²) >= 11 is 1.30. The van der Waals surface area contributed by atoms with Crippen molar-refractivity contribution in [2.45, 2.75) is 6.42 Å². The molecule has 23 heavy (non-hydrogen) atoms. The van der Waals surface area contributed by atoms with Crippen molar-refractivity contribution in [3.05, 3.63) is 41.8 Å². The lowest BCUT2D eigenvalue weighted by molar-refractivity contribution is -0.123. The zero-order chi connectivity index (χ0) is 15.6. The third kappa shape index (κ3) is 1.72. The van der Waals surface area contributed by atoms with Crippen molar-refractivity contribution in [3.8, 4) is 11.3 Å². The Kier molecular flexibility index (Phi) is 2.61. The van der Waals surface area contributed by atoms with Gasteiger partial charge in [0.05, 0.1) is 17.5 Å². The molecule has 5 rings (SSSR count). The van der Waals surface area contributed by atoms with Crippen LogP contribution in [0.3, 0.4) is 0 Å². The third-order valence-corrected chi connectivity index (χ3v) is 5.76. The average molecular weight is 323 g/mol. The predicted molar refractivity (Wildman–Crippen MR) is 85.6 cm³/mol. The lowest BCUT2D eigenvalue weighted by Crippen LogP contribution is -2.32. The highest BCUT2D eigenvalue weighted by Gasteiger charge is 2.59. The first-order valence-corrected chi connectivity index (χ1v) is 8.51. The summed E-state index contributed by atoms with van der Waals surface area (Å²) in [6.45, 7) is 0. The van der Waals surface area contributed by atoms with Gasteiger partial charge in [0.1, 0.15) is 5.69 Å². The van der Waals surface area contributed by atoms with E-state index in [0.717, 1.165) is 17.7 Å². The largest absolute Gasteiger partial charge is 0.274 e. The van der Waals surface area contributed by atoms with E-state index in [4.69, 9.17) is 0 Å². The smallest absolute Gasteiger partial charge is 0.238 e. The Labute approximate surface area is 136 Å². The second kappa shape index (κ2) is 4.58. The highest BCUT2D eigenvalue weighted by atomic mass is 32.1. The van der Waals surface area contributed by atoms with Crippen molar-refractivity contribution in [3.63, 3.8) is 0 Å². The van der Waals surface area contributed by atoms with E-state index in [1.54, 1.807) is 0 Å². The van der Waals surface area contributed by atoms with E-state index in [-0.39, 0.29) is 35.5 Å². The zero-order valence-electron chi connectivity index (χ0n) is 12.1. The molecule has 2 bridgehead atoms. The second-order valence-electron chi connectivity index (χ2n) is 6.35. The minimum absolute atomic E-state index is 0.0417. The summed E-state index contributed by atoms with van der Waals surface area (Å²) in [7, 11) is 0. The molecule has 3 aliphatic rings. The lowest BCUT2D eigenvalue weighted by Gasteiger charge is -2.17. The van der Waals surface area contributed by atoms with Gasteiger partial charge in [0, 0.05) is 10.9 Å². The van der Waals surface area contributed by atoms with Gasteiger partial charge in [0.25, 0.3) is 0 Å². The summed E-state index contributed by atoms with van der Waals surface area (Å²) in [5.74, 6) is 0.0956. The fourth-order valence-corrected chi connectivity index (χ4v) is 4.69. The molecule has 0 N–H and O–H groups in total. The van der Waals surface area contributed by atoms with Crippen LogP contribution in [-0.2, 0) is 9.59 Å². The van der Waals surface area contributed by atoms with Gasteiger partial charge in [0.2, 0.25) is 11.8 Å². The second-order valence-corrected chi connectivity index (χ2v) is 6.96. The van der Waals surface area contributed by atoms with Crippen LogP contribution in [-0.4, -0.2) is 21.4 Å². The Morgan fingerprint density at radius 3 is 2.22 bits per heavy atom. The molecule has 2 aliphatic carbocycles. The molecule has 2 aromatic rings. The number of benzene rings is 1. The predicted octanol–water partition coefficient (Wildman–Crippen LogP) is 2.52. The van der Waals surface area contributed by atoms with Crippen molar-refractivity contribution in [1.29, 1.82) is 0 Å². The van der Waals surface area contributed by atoms with Crippen LogP contribution in [0.25, 0.3) is 11.3 Å². The number of anilines is 1.